The maximum atomic E-state index is 6.08. The first-order chi connectivity index (χ1) is 7.32. The average molecular weight is 228 g/mol. The summed E-state index contributed by atoms with van der Waals surface area (Å²) in [5.74, 6) is 2.60. The average Bonchev–Trinajstić information content (AvgIpc) is 2.78. The minimum atomic E-state index is 0.347. The first-order valence-electron chi connectivity index (χ1n) is 6.37. The van der Waals surface area contributed by atoms with E-state index in [-0.39, 0.29) is 0 Å². The predicted molar refractivity (Wildman–Crippen MR) is 68.4 cm³/mol. The summed E-state index contributed by atoms with van der Waals surface area (Å²) < 4.78 is 0. The first-order valence-corrected chi connectivity index (χ1v) is 7.52. The Kier molecular flexibility index (Phi) is 3.97. The topological polar surface area (TPSA) is 29.3 Å². The Labute approximate surface area is 98.0 Å². The van der Waals surface area contributed by atoms with Gasteiger partial charge in [0.15, 0.2) is 0 Å². The third-order valence-electron chi connectivity index (χ3n) is 4.14. The summed E-state index contributed by atoms with van der Waals surface area (Å²) in [6, 6.07) is 0.812. The Morgan fingerprint density at radius 3 is 2.93 bits per heavy atom. The molecule has 2 atom stereocenters. The Hall–Kier alpha value is 0.270. The van der Waals surface area contributed by atoms with E-state index in [1.165, 1.54) is 50.2 Å². The molecule has 2 aliphatic heterocycles. The lowest BCUT2D eigenvalue weighted by Crippen LogP contribution is -2.58. The van der Waals surface area contributed by atoms with Gasteiger partial charge in [-0.25, -0.2) is 0 Å². The maximum absolute atomic E-state index is 6.08. The van der Waals surface area contributed by atoms with Crippen LogP contribution >= 0.6 is 11.8 Å². The number of nitrogens with two attached hydrogens (primary N) is 1. The van der Waals surface area contributed by atoms with Crippen molar-refractivity contribution in [3.8, 4) is 0 Å². The fraction of sp³-hybridized carbons (Fsp3) is 1.00. The van der Waals surface area contributed by atoms with Gasteiger partial charge in [0.1, 0.15) is 0 Å². The molecule has 0 aromatic rings. The van der Waals surface area contributed by atoms with Crippen molar-refractivity contribution in [1.29, 1.82) is 0 Å². The van der Waals surface area contributed by atoms with E-state index in [2.05, 4.69) is 23.6 Å². The number of hydrogen-bond donors (Lipinski definition) is 1. The molecule has 0 saturated carbocycles. The fourth-order valence-electron chi connectivity index (χ4n) is 3.23. The minimum Gasteiger partial charge on any atom is -0.329 e. The number of thioether (sulfide) groups is 1. The molecule has 0 aromatic carbocycles. The summed E-state index contributed by atoms with van der Waals surface area (Å²) >= 11 is 2.10. The van der Waals surface area contributed by atoms with Gasteiger partial charge in [-0.2, -0.15) is 11.8 Å². The summed E-state index contributed by atoms with van der Waals surface area (Å²) in [5, 5.41) is 0. The van der Waals surface area contributed by atoms with Gasteiger partial charge in [0, 0.05) is 23.9 Å². The molecule has 2 fully saturated rings. The molecule has 2 nitrogen and oxygen atoms in total. The first kappa shape index (κ1) is 11.7. The summed E-state index contributed by atoms with van der Waals surface area (Å²) in [6.07, 6.45) is 6.75. The highest BCUT2D eigenvalue weighted by Gasteiger charge is 2.41. The van der Waals surface area contributed by atoms with Crippen LogP contribution in [-0.4, -0.2) is 41.1 Å². The molecule has 2 heterocycles. The SMILES string of the molecule is CCC1CCCN1C1(CN)CCCSC1. The summed E-state index contributed by atoms with van der Waals surface area (Å²) in [4.78, 5) is 2.75. The molecule has 2 unspecified atom stereocenters. The van der Waals surface area contributed by atoms with E-state index in [9.17, 15) is 0 Å². The molecule has 2 saturated heterocycles. The molecule has 2 N–H and O–H groups in total. The van der Waals surface area contributed by atoms with Crippen LogP contribution in [0.2, 0.25) is 0 Å². The largest absolute Gasteiger partial charge is 0.329 e. The Balaban J connectivity index is 2.09. The van der Waals surface area contributed by atoms with Crippen LogP contribution in [0, 0.1) is 0 Å². The van der Waals surface area contributed by atoms with E-state index in [0.717, 1.165) is 12.6 Å². The Morgan fingerprint density at radius 1 is 1.47 bits per heavy atom. The monoisotopic (exact) mass is 228 g/mol. The number of hydrogen-bond acceptors (Lipinski definition) is 3. The van der Waals surface area contributed by atoms with E-state index in [4.69, 9.17) is 5.73 Å². The number of rotatable bonds is 3. The molecule has 15 heavy (non-hydrogen) atoms. The summed E-state index contributed by atoms with van der Waals surface area (Å²) in [5.41, 5.74) is 6.43. The van der Waals surface area contributed by atoms with Gasteiger partial charge in [-0.3, -0.25) is 4.90 Å². The van der Waals surface area contributed by atoms with Crippen LogP contribution in [0.4, 0.5) is 0 Å². The van der Waals surface area contributed by atoms with Gasteiger partial charge >= 0.3 is 0 Å². The van der Waals surface area contributed by atoms with Gasteiger partial charge in [-0.1, -0.05) is 6.92 Å². The van der Waals surface area contributed by atoms with Crippen LogP contribution in [0.3, 0.4) is 0 Å². The highest BCUT2D eigenvalue weighted by Crippen LogP contribution is 2.37. The molecule has 0 bridgehead atoms. The molecular formula is C12H24N2S. The molecule has 0 spiro atoms. The van der Waals surface area contributed by atoms with Crippen molar-refractivity contribution in [2.24, 2.45) is 5.73 Å². The lowest BCUT2D eigenvalue weighted by molar-refractivity contribution is 0.0867. The normalized spacial score (nSPS) is 38.4. The van der Waals surface area contributed by atoms with E-state index < -0.39 is 0 Å². The zero-order valence-electron chi connectivity index (χ0n) is 9.87. The fourth-order valence-corrected chi connectivity index (χ4v) is 4.53. The van der Waals surface area contributed by atoms with E-state index in [0.29, 0.717) is 5.54 Å². The van der Waals surface area contributed by atoms with Crippen LogP contribution in [-0.2, 0) is 0 Å². The smallest absolute Gasteiger partial charge is 0.0425 e. The van der Waals surface area contributed by atoms with Crippen molar-refractivity contribution in [1.82, 2.24) is 4.90 Å². The minimum absolute atomic E-state index is 0.347. The molecule has 2 rings (SSSR count). The standard InChI is InChI=1S/C12H24N2S/c1-2-11-5-3-7-14(11)12(9-13)6-4-8-15-10-12/h11H,2-10,13H2,1H3. The van der Waals surface area contributed by atoms with Crippen LogP contribution in [0.5, 0.6) is 0 Å². The summed E-state index contributed by atoms with van der Waals surface area (Å²) in [6.45, 7) is 4.47. The highest BCUT2D eigenvalue weighted by atomic mass is 32.2. The van der Waals surface area contributed by atoms with Crippen molar-refractivity contribution in [3.63, 3.8) is 0 Å². The van der Waals surface area contributed by atoms with E-state index in [1.807, 2.05) is 0 Å². The predicted octanol–water partition coefficient (Wildman–Crippen LogP) is 2.09. The van der Waals surface area contributed by atoms with Crippen molar-refractivity contribution in [2.45, 2.75) is 50.6 Å². The van der Waals surface area contributed by atoms with E-state index in [1.54, 1.807) is 0 Å². The molecule has 0 radical (unpaired) electrons. The van der Waals surface area contributed by atoms with Gasteiger partial charge in [-0.05, 0) is 44.4 Å². The van der Waals surface area contributed by atoms with Crippen molar-refractivity contribution < 1.29 is 0 Å². The second-order valence-electron chi connectivity index (χ2n) is 4.98. The molecule has 2 aliphatic rings. The quantitative estimate of drug-likeness (QED) is 0.802. The molecule has 3 heteroatoms. The zero-order chi connectivity index (χ0) is 10.7. The van der Waals surface area contributed by atoms with E-state index >= 15 is 0 Å². The van der Waals surface area contributed by atoms with Crippen molar-refractivity contribution in [2.75, 3.05) is 24.6 Å². The summed E-state index contributed by atoms with van der Waals surface area (Å²) in [7, 11) is 0. The van der Waals surface area contributed by atoms with Gasteiger partial charge in [-0.15, -0.1) is 0 Å². The number of likely N-dealkylation sites (tertiary alicyclic amines) is 1. The zero-order valence-corrected chi connectivity index (χ0v) is 10.7. The van der Waals surface area contributed by atoms with Crippen LogP contribution in [0.1, 0.15) is 39.0 Å². The van der Waals surface area contributed by atoms with Gasteiger partial charge in [0.25, 0.3) is 0 Å². The van der Waals surface area contributed by atoms with Gasteiger partial charge in [0.2, 0.25) is 0 Å². The molecule has 0 aromatic heterocycles. The lowest BCUT2D eigenvalue weighted by atomic mass is 9.92. The third-order valence-corrected chi connectivity index (χ3v) is 5.46. The molecule has 0 amide bonds. The van der Waals surface area contributed by atoms with Crippen molar-refractivity contribution in [3.05, 3.63) is 0 Å². The maximum Gasteiger partial charge on any atom is 0.0425 e. The molecule has 88 valence electrons. The second-order valence-corrected chi connectivity index (χ2v) is 6.09. The molecular weight excluding hydrogens is 204 g/mol. The Bertz CT molecular complexity index is 202. The Morgan fingerprint density at radius 2 is 2.33 bits per heavy atom. The van der Waals surface area contributed by atoms with Crippen LogP contribution in [0.15, 0.2) is 0 Å². The lowest BCUT2D eigenvalue weighted by Gasteiger charge is -2.46. The number of nitrogens with zero attached hydrogens (tertiary/aromatic N) is 1. The highest BCUT2D eigenvalue weighted by molar-refractivity contribution is 7.99. The van der Waals surface area contributed by atoms with Crippen molar-refractivity contribution >= 4 is 11.8 Å². The third kappa shape index (κ3) is 2.20. The second kappa shape index (κ2) is 5.07. The molecule has 0 aliphatic carbocycles. The van der Waals surface area contributed by atoms with Crippen LogP contribution < -0.4 is 5.73 Å². The van der Waals surface area contributed by atoms with Gasteiger partial charge < -0.3 is 5.73 Å². The van der Waals surface area contributed by atoms with Gasteiger partial charge in [0.05, 0.1) is 0 Å². The van der Waals surface area contributed by atoms with Crippen LogP contribution in [0.25, 0.3) is 0 Å².